The Bertz CT molecular complexity index is 305. The van der Waals surface area contributed by atoms with Crippen molar-refractivity contribution in [3.8, 4) is 0 Å². The summed E-state index contributed by atoms with van der Waals surface area (Å²) in [6.07, 6.45) is 4.47. The summed E-state index contributed by atoms with van der Waals surface area (Å²) in [6, 6.07) is 7.56. The number of halogens is 1. The van der Waals surface area contributed by atoms with Crippen LogP contribution in [0.2, 0.25) is 5.02 Å². The van der Waals surface area contributed by atoms with E-state index in [-0.39, 0.29) is 6.10 Å². The van der Waals surface area contributed by atoms with Crippen molar-refractivity contribution in [1.29, 1.82) is 0 Å². The zero-order valence-electron chi connectivity index (χ0n) is 8.12. The van der Waals surface area contributed by atoms with Crippen molar-refractivity contribution in [3.05, 3.63) is 34.9 Å². The van der Waals surface area contributed by atoms with E-state index in [4.69, 9.17) is 11.6 Å². The van der Waals surface area contributed by atoms with Crippen LogP contribution in [0.5, 0.6) is 0 Å². The maximum Gasteiger partial charge on any atom is 0.0818 e. The minimum absolute atomic E-state index is 0.323. The molecule has 1 aromatic rings. The summed E-state index contributed by atoms with van der Waals surface area (Å²) in [7, 11) is 0. The van der Waals surface area contributed by atoms with Gasteiger partial charge in [-0.1, -0.05) is 36.6 Å². The highest BCUT2D eigenvalue weighted by molar-refractivity contribution is 6.30. The Hall–Kier alpha value is -0.530. The third kappa shape index (κ3) is 2.10. The first-order valence-corrected chi connectivity index (χ1v) is 5.59. The lowest BCUT2D eigenvalue weighted by atomic mass is 9.95. The van der Waals surface area contributed by atoms with Crippen LogP contribution >= 0.6 is 11.6 Å². The molecule has 2 rings (SSSR count). The molecule has 1 nitrogen and oxygen atoms in total. The maximum absolute atomic E-state index is 10.1. The van der Waals surface area contributed by atoms with Crippen molar-refractivity contribution in [3.63, 3.8) is 0 Å². The fraction of sp³-hybridized carbons (Fsp3) is 0.500. The molecule has 0 heterocycles. The largest absolute Gasteiger partial charge is 0.388 e. The highest BCUT2D eigenvalue weighted by Crippen LogP contribution is 2.35. The van der Waals surface area contributed by atoms with Gasteiger partial charge in [-0.15, -0.1) is 0 Å². The Labute approximate surface area is 89.7 Å². The van der Waals surface area contributed by atoms with Crippen LogP contribution in [0.25, 0.3) is 0 Å². The average molecular weight is 211 g/mol. The standard InChI is InChI=1S/C12H15ClO/c13-11-7-3-6-10(8-11)12(14)9-4-1-2-5-9/h3,6-9,12,14H,1-2,4-5H2/t12-/m1/s1. The molecule has 0 saturated heterocycles. The van der Waals surface area contributed by atoms with Crippen molar-refractivity contribution in [1.82, 2.24) is 0 Å². The van der Waals surface area contributed by atoms with E-state index in [2.05, 4.69) is 0 Å². The molecular weight excluding hydrogens is 196 g/mol. The second kappa shape index (κ2) is 4.33. The smallest absolute Gasteiger partial charge is 0.0818 e. The first-order chi connectivity index (χ1) is 6.77. The van der Waals surface area contributed by atoms with E-state index in [1.165, 1.54) is 12.8 Å². The zero-order valence-corrected chi connectivity index (χ0v) is 8.87. The van der Waals surface area contributed by atoms with E-state index in [1.54, 1.807) is 0 Å². The number of rotatable bonds is 2. The van der Waals surface area contributed by atoms with Gasteiger partial charge in [0.05, 0.1) is 6.10 Å². The normalized spacial score (nSPS) is 19.9. The summed E-state index contributed by atoms with van der Waals surface area (Å²) in [5.74, 6) is 0.438. The SMILES string of the molecule is O[C@@H](c1cccc(Cl)c1)C1CCCC1. The number of aliphatic hydroxyl groups is 1. The average Bonchev–Trinajstić information content (AvgIpc) is 2.69. The molecule has 0 aliphatic heterocycles. The molecule has 0 amide bonds. The van der Waals surface area contributed by atoms with E-state index in [0.717, 1.165) is 18.4 Å². The lowest BCUT2D eigenvalue weighted by molar-refractivity contribution is 0.111. The Morgan fingerprint density at radius 1 is 1.29 bits per heavy atom. The molecule has 0 radical (unpaired) electrons. The van der Waals surface area contributed by atoms with Gasteiger partial charge < -0.3 is 5.11 Å². The van der Waals surface area contributed by atoms with E-state index < -0.39 is 0 Å². The summed E-state index contributed by atoms with van der Waals surface area (Å²) in [5, 5.41) is 10.8. The first-order valence-electron chi connectivity index (χ1n) is 5.21. The van der Waals surface area contributed by atoms with E-state index in [1.807, 2.05) is 24.3 Å². The molecule has 1 aliphatic rings. The molecule has 1 aromatic carbocycles. The molecule has 0 bridgehead atoms. The third-order valence-electron chi connectivity index (χ3n) is 3.04. The third-order valence-corrected chi connectivity index (χ3v) is 3.27. The molecule has 1 fully saturated rings. The Kier molecular flexibility index (Phi) is 3.09. The summed E-state index contributed by atoms with van der Waals surface area (Å²) in [6.45, 7) is 0. The van der Waals surface area contributed by atoms with Gasteiger partial charge in [0.1, 0.15) is 0 Å². The van der Waals surface area contributed by atoms with Crippen LogP contribution in [-0.2, 0) is 0 Å². The quantitative estimate of drug-likeness (QED) is 0.792. The van der Waals surface area contributed by atoms with E-state index in [0.29, 0.717) is 10.9 Å². The van der Waals surface area contributed by atoms with Gasteiger partial charge in [-0.25, -0.2) is 0 Å². The summed E-state index contributed by atoms with van der Waals surface area (Å²) in [5.41, 5.74) is 0.962. The highest BCUT2D eigenvalue weighted by Gasteiger charge is 2.24. The van der Waals surface area contributed by atoms with Gasteiger partial charge in [0.25, 0.3) is 0 Å². The topological polar surface area (TPSA) is 20.2 Å². The lowest BCUT2D eigenvalue weighted by Gasteiger charge is -2.17. The van der Waals surface area contributed by atoms with Gasteiger partial charge in [-0.3, -0.25) is 0 Å². The summed E-state index contributed by atoms with van der Waals surface area (Å²) in [4.78, 5) is 0. The van der Waals surface area contributed by atoms with Gasteiger partial charge in [-0.05, 0) is 36.5 Å². The van der Waals surface area contributed by atoms with Gasteiger partial charge in [0, 0.05) is 5.02 Å². The van der Waals surface area contributed by atoms with Crippen molar-refractivity contribution in [2.24, 2.45) is 5.92 Å². The van der Waals surface area contributed by atoms with Gasteiger partial charge in [0.2, 0.25) is 0 Å². The van der Waals surface area contributed by atoms with Crippen LogP contribution in [-0.4, -0.2) is 5.11 Å². The number of hydrogen-bond donors (Lipinski definition) is 1. The summed E-state index contributed by atoms with van der Waals surface area (Å²) >= 11 is 5.88. The maximum atomic E-state index is 10.1. The van der Waals surface area contributed by atoms with Gasteiger partial charge in [-0.2, -0.15) is 0 Å². The number of aliphatic hydroxyl groups excluding tert-OH is 1. The van der Waals surface area contributed by atoms with Crippen LogP contribution in [0.1, 0.15) is 37.4 Å². The minimum atomic E-state index is -0.323. The second-order valence-electron chi connectivity index (χ2n) is 4.04. The predicted octanol–water partition coefficient (Wildman–Crippen LogP) is 3.56. The molecule has 1 saturated carbocycles. The lowest BCUT2D eigenvalue weighted by Crippen LogP contribution is -2.08. The Balaban J connectivity index is 2.13. The predicted molar refractivity (Wildman–Crippen MR) is 58.4 cm³/mol. The van der Waals surface area contributed by atoms with Crippen molar-refractivity contribution < 1.29 is 5.11 Å². The molecule has 1 atom stereocenters. The van der Waals surface area contributed by atoms with Crippen LogP contribution in [0.15, 0.2) is 24.3 Å². The monoisotopic (exact) mass is 210 g/mol. The van der Waals surface area contributed by atoms with E-state index in [9.17, 15) is 5.11 Å². The molecule has 0 spiro atoms. The number of hydrogen-bond acceptors (Lipinski definition) is 1. The molecule has 1 N–H and O–H groups in total. The highest BCUT2D eigenvalue weighted by atomic mass is 35.5. The molecular formula is C12H15ClO. The van der Waals surface area contributed by atoms with E-state index >= 15 is 0 Å². The van der Waals surface area contributed by atoms with Crippen LogP contribution < -0.4 is 0 Å². The fourth-order valence-corrected chi connectivity index (χ4v) is 2.43. The molecule has 0 aromatic heterocycles. The molecule has 1 aliphatic carbocycles. The Morgan fingerprint density at radius 2 is 2.00 bits per heavy atom. The van der Waals surface area contributed by atoms with Crippen LogP contribution in [0.4, 0.5) is 0 Å². The van der Waals surface area contributed by atoms with Crippen molar-refractivity contribution >= 4 is 11.6 Å². The van der Waals surface area contributed by atoms with Crippen molar-refractivity contribution in [2.75, 3.05) is 0 Å². The van der Waals surface area contributed by atoms with Gasteiger partial charge in [0.15, 0.2) is 0 Å². The zero-order chi connectivity index (χ0) is 9.97. The van der Waals surface area contributed by atoms with Gasteiger partial charge >= 0.3 is 0 Å². The molecule has 14 heavy (non-hydrogen) atoms. The minimum Gasteiger partial charge on any atom is -0.388 e. The Morgan fingerprint density at radius 3 is 2.64 bits per heavy atom. The number of benzene rings is 1. The molecule has 0 unspecified atom stereocenters. The summed E-state index contributed by atoms with van der Waals surface area (Å²) < 4.78 is 0. The molecule has 2 heteroatoms. The van der Waals surface area contributed by atoms with Crippen molar-refractivity contribution in [2.45, 2.75) is 31.8 Å². The first kappa shape index (κ1) is 10.0. The fourth-order valence-electron chi connectivity index (χ4n) is 2.24. The van der Waals surface area contributed by atoms with Crippen LogP contribution in [0.3, 0.4) is 0 Å². The molecule has 76 valence electrons. The van der Waals surface area contributed by atoms with Crippen LogP contribution in [0, 0.1) is 5.92 Å². The second-order valence-corrected chi connectivity index (χ2v) is 4.48.